The predicted octanol–water partition coefficient (Wildman–Crippen LogP) is 6.92. The van der Waals surface area contributed by atoms with Gasteiger partial charge in [-0.15, -0.1) is 0 Å². The van der Waals surface area contributed by atoms with Gasteiger partial charge in [-0.3, -0.25) is 10.2 Å². The van der Waals surface area contributed by atoms with Gasteiger partial charge in [0.2, 0.25) is 0 Å². The molecule has 3 N–H and O–H groups in total. The highest BCUT2D eigenvalue weighted by Crippen LogP contribution is 2.29. The number of rotatable bonds is 4. The molecule has 1 heterocycles. The van der Waals surface area contributed by atoms with Gasteiger partial charge in [-0.05, 0) is 48.2 Å². The molecule has 0 bridgehead atoms. The molecule has 1 fully saturated rings. The maximum absolute atomic E-state index is 5.71. The van der Waals surface area contributed by atoms with Crippen LogP contribution in [0.4, 0.5) is 11.4 Å². The largest absolute Gasteiger partial charge is 0.355 e. The number of para-hydroxylation sites is 1. The molecule has 2 unspecified atom stereocenters. The van der Waals surface area contributed by atoms with Gasteiger partial charge in [0.15, 0.2) is 6.23 Å². The monoisotopic (exact) mass is 405 g/mol. The van der Waals surface area contributed by atoms with Crippen molar-refractivity contribution in [3.63, 3.8) is 0 Å². The van der Waals surface area contributed by atoms with Crippen molar-refractivity contribution in [3.05, 3.63) is 95.1 Å². The summed E-state index contributed by atoms with van der Waals surface area (Å²) in [5, 5.41) is 7.00. The van der Waals surface area contributed by atoms with E-state index in [2.05, 4.69) is 78.5 Å². The summed E-state index contributed by atoms with van der Waals surface area (Å²) in [5.41, 5.74) is 10.0. The van der Waals surface area contributed by atoms with E-state index in [1.807, 2.05) is 52.0 Å². The van der Waals surface area contributed by atoms with E-state index in [-0.39, 0.29) is 12.4 Å². The van der Waals surface area contributed by atoms with E-state index in [1.54, 1.807) is 0 Å². The van der Waals surface area contributed by atoms with Crippen LogP contribution in [0.1, 0.15) is 62.3 Å². The fourth-order valence-electron chi connectivity index (χ4n) is 3.18. The zero-order valence-electron chi connectivity index (χ0n) is 19.0. The summed E-state index contributed by atoms with van der Waals surface area (Å²) in [6, 6.07) is 24.9. The highest BCUT2D eigenvalue weighted by atomic mass is 16.7. The van der Waals surface area contributed by atoms with Gasteiger partial charge in [-0.25, -0.2) is 0 Å². The van der Waals surface area contributed by atoms with Gasteiger partial charge in [-0.1, -0.05) is 88.4 Å². The lowest BCUT2D eigenvalue weighted by Gasteiger charge is -2.16. The van der Waals surface area contributed by atoms with Gasteiger partial charge in [-0.2, -0.15) is 5.48 Å². The summed E-state index contributed by atoms with van der Waals surface area (Å²) in [5.74, 6) is 0. The zero-order valence-corrected chi connectivity index (χ0v) is 19.0. The number of nitrogens with one attached hydrogen (secondary N) is 3. The molecule has 3 aromatic carbocycles. The topological polar surface area (TPSA) is 45.3 Å². The van der Waals surface area contributed by atoms with E-state index >= 15 is 0 Å². The molecule has 4 nitrogen and oxygen atoms in total. The molecule has 0 saturated carbocycles. The molecule has 0 aromatic heterocycles. The summed E-state index contributed by atoms with van der Waals surface area (Å²) in [4.78, 5) is 5.71. The Labute approximate surface area is 181 Å². The van der Waals surface area contributed by atoms with Crippen LogP contribution in [0.2, 0.25) is 0 Å². The number of benzene rings is 3. The van der Waals surface area contributed by atoms with Gasteiger partial charge in [0, 0.05) is 11.4 Å². The van der Waals surface area contributed by atoms with Crippen LogP contribution in [-0.4, -0.2) is 0 Å². The lowest BCUT2D eigenvalue weighted by molar-refractivity contribution is 0.0214. The normalized spacial score (nSPS) is 17.3. The molecule has 160 valence electrons. The van der Waals surface area contributed by atoms with E-state index in [0.29, 0.717) is 0 Å². The third-order valence-electron chi connectivity index (χ3n) is 4.72. The minimum Gasteiger partial charge on any atom is -0.355 e. The Morgan fingerprint density at radius 1 is 0.700 bits per heavy atom. The van der Waals surface area contributed by atoms with Crippen LogP contribution in [0.15, 0.2) is 72.8 Å². The van der Waals surface area contributed by atoms with Crippen LogP contribution in [0, 0.1) is 13.8 Å². The second-order valence-corrected chi connectivity index (χ2v) is 6.64. The summed E-state index contributed by atoms with van der Waals surface area (Å²) < 4.78 is 0. The van der Waals surface area contributed by atoms with Gasteiger partial charge >= 0.3 is 0 Å². The van der Waals surface area contributed by atoms with Crippen molar-refractivity contribution in [2.24, 2.45) is 0 Å². The lowest BCUT2D eigenvalue weighted by atomic mass is 10.1. The highest BCUT2D eigenvalue weighted by molar-refractivity contribution is 5.66. The first-order chi connectivity index (χ1) is 14.7. The van der Waals surface area contributed by atoms with E-state index in [4.69, 9.17) is 4.84 Å². The Bertz CT molecular complexity index is 896. The number of hydroxylamine groups is 1. The van der Waals surface area contributed by atoms with Gasteiger partial charge in [0.05, 0.1) is 0 Å². The molecule has 1 aliphatic heterocycles. The van der Waals surface area contributed by atoms with Crippen molar-refractivity contribution in [1.82, 2.24) is 10.8 Å². The van der Waals surface area contributed by atoms with E-state index < -0.39 is 0 Å². The van der Waals surface area contributed by atoms with Gasteiger partial charge in [0.25, 0.3) is 0 Å². The SMILES string of the molecule is CC.CC.Cc1ccccc1Nc1ccc(C2NOC(c3ccccc3)N2)cc1C. The average molecular weight is 406 g/mol. The Morgan fingerprint density at radius 2 is 1.33 bits per heavy atom. The molecule has 30 heavy (non-hydrogen) atoms. The second kappa shape index (κ2) is 12.1. The van der Waals surface area contributed by atoms with Crippen LogP contribution in [-0.2, 0) is 4.84 Å². The van der Waals surface area contributed by atoms with Crippen molar-refractivity contribution in [1.29, 1.82) is 0 Å². The fourth-order valence-corrected chi connectivity index (χ4v) is 3.18. The molecule has 4 rings (SSSR count). The molecule has 3 aromatic rings. The summed E-state index contributed by atoms with van der Waals surface area (Å²) in [6.45, 7) is 12.2. The van der Waals surface area contributed by atoms with Crippen LogP contribution < -0.4 is 16.1 Å². The number of aryl methyl sites for hydroxylation is 2. The highest BCUT2D eigenvalue weighted by Gasteiger charge is 2.26. The van der Waals surface area contributed by atoms with Gasteiger partial charge < -0.3 is 5.32 Å². The van der Waals surface area contributed by atoms with Crippen molar-refractivity contribution >= 4 is 11.4 Å². The Morgan fingerprint density at radius 3 is 2.00 bits per heavy atom. The maximum atomic E-state index is 5.71. The van der Waals surface area contributed by atoms with E-state index in [1.165, 1.54) is 11.1 Å². The number of anilines is 2. The fraction of sp³-hybridized carbons (Fsp3) is 0.308. The van der Waals surface area contributed by atoms with Crippen LogP contribution in [0.5, 0.6) is 0 Å². The van der Waals surface area contributed by atoms with Crippen LogP contribution in [0.3, 0.4) is 0 Å². The smallest absolute Gasteiger partial charge is 0.156 e. The summed E-state index contributed by atoms with van der Waals surface area (Å²) >= 11 is 0. The van der Waals surface area contributed by atoms with E-state index in [0.717, 1.165) is 22.5 Å². The molecule has 2 atom stereocenters. The van der Waals surface area contributed by atoms with E-state index in [9.17, 15) is 0 Å². The summed E-state index contributed by atoms with van der Waals surface area (Å²) in [7, 11) is 0. The first-order valence-corrected chi connectivity index (χ1v) is 10.9. The standard InChI is InChI=1S/C22H23N3O.2C2H6/c1-15-8-6-7-11-19(15)23-20-13-12-18(14-16(20)2)21-24-22(26-25-21)17-9-4-3-5-10-17;2*1-2/h3-14,21-25H,1-2H3;2*1-2H3. The number of hydrogen-bond acceptors (Lipinski definition) is 4. The first kappa shape index (κ1) is 23.6. The summed E-state index contributed by atoms with van der Waals surface area (Å²) in [6.07, 6.45) is -0.183. The minimum atomic E-state index is -0.147. The van der Waals surface area contributed by atoms with Gasteiger partial charge in [0.1, 0.15) is 6.17 Å². The molecular formula is C26H35N3O. The molecular weight excluding hydrogens is 370 g/mol. The quantitative estimate of drug-likeness (QED) is 0.441. The average Bonchev–Trinajstić information content (AvgIpc) is 3.30. The second-order valence-electron chi connectivity index (χ2n) is 6.64. The minimum absolute atomic E-state index is 0.0357. The first-order valence-electron chi connectivity index (χ1n) is 10.9. The Kier molecular flexibility index (Phi) is 9.55. The zero-order chi connectivity index (χ0) is 21.9. The predicted molar refractivity (Wildman–Crippen MR) is 128 cm³/mol. The molecule has 0 amide bonds. The Balaban J connectivity index is 0.000000757. The number of hydrogen-bond donors (Lipinski definition) is 3. The lowest BCUT2D eigenvalue weighted by Crippen LogP contribution is -2.22. The third-order valence-corrected chi connectivity index (χ3v) is 4.72. The molecule has 4 heteroatoms. The molecule has 0 aliphatic carbocycles. The van der Waals surface area contributed by atoms with Crippen molar-refractivity contribution in [3.8, 4) is 0 Å². The molecule has 0 spiro atoms. The van der Waals surface area contributed by atoms with Crippen molar-refractivity contribution in [2.45, 2.75) is 53.9 Å². The Hall–Kier alpha value is -2.66. The maximum Gasteiger partial charge on any atom is 0.156 e. The van der Waals surface area contributed by atoms with Crippen molar-refractivity contribution < 1.29 is 4.84 Å². The molecule has 0 radical (unpaired) electrons. The molecule has 1 saturated heterocycles. The van der Waals surface area contributed by atoms with Crippen molar-refractivity contribution in [2.75, 3.05) is 5.32 Å². The third kappa shape index (κ3) is 5.92. The van der Waals surface area contributed by atoms with Crippen LogP contribution >= 0.6 is 0 Å². The molecule has 1 aliphatic rings. The van der Waals surface area contributed by atoms with Crippen LogP contribution in [0.25, 0.3) is 0 Å².